The number of hydrogen-bond donors (Lipinski definition) is 0. The minimum absolute atomic E-state index is 0.0633. The van der Waals surface area contributed by atoms with E-state index < -0.39 is 23.3 Å². The van der Waals surface area contributed by atoms with Crippen LogP contribution in [0.1, 0.15) is 39.1 Å². The van der Waals surface area contributed by atoms with Crippen molar-refractivity contribution in [1.29, 1.82) is 0 Å². The molecule has 0 atom stereocenters. The van der Waals surface area contributed by atoms with E-state index in [2.05, 4.69) is 4.90 Å². The molecule has 0 aliphatic carbocycles. The van der Waals surface area contributed by atoms with Crippen LogP contribution < -0.4 is 0 Å². The van der Waals surface area contributed by atoms with Gasteiger partial charge in [-0.15, -0.1) is 0 Å². The number of piperidine rings is 1. The third-order valence-corrected chi connectivity index (χ3v) is 6.03. The largest absolute Gasteiger partial charge is 0.379 e. The van der Waals surface area contributed by atoms with Gasteiger partial charge in [-0.1, -0.05) is 12.1 Å². The maximum atomic E-state index is 13.9. The zero-order chi connectivity index (χ0) is 21.8. The number of benzene rings is 2. The molecule has 2 fully saturated rings. The Kier molecular flexibility index (Phi) is 6.73. The second-order valence-corrected chi connectivity index (χ2v) is 8.14. The molecule has 0 N–H and O–H groups in total. The summed E-state index contributed by atoms with van der Waals surface area (Å²) in [6, 6.07) is 10.6. The first-order valence-corrected chi connectivity index (χ1v) is 10.7. The summed E-state index contributed by atoms with van der Waals surface area (Å²) in [6.07, 6.45) is 0.877. The van der Waals surface area contributed by atoms with Gasteiger partial charge in [0, 0.05) is 44.2 Å². The average Bonchev–Trinajstić information content (AvgIpc) is 2.81. The first-order valence-electron chi connectivity index (χ1n) is 10.7. The molecule has 2 aromatic carbocycles. The van der Waals surface area contributed by atoms with Crippen LogP contribution in [0, 0.1) is 17.6 Å². The van der Waals surface area contributed by atoms with Gasteiger partial charge >= 0.3 is 0 Å². The van der Waals surface area contributed by atoms with E-state index in [4.69, 9.17) is 4.74 Å². The summed E-state index contributed by atoms with van der Waals surface area (Å²) >= 11 is 0. The second-order valence-electron chi connectivity index (χ2n) is 8.14. The Hall–Kier alpha value is -2.64. The smallest absolute Gasteiger partial charge is 0.253 e. The van der Waals surface area contributed by atoms with Gasteiger partial charge in [-0.3, -0.25) is 14.5 Å². The monoisotopic (exact) mass is 428 g/mol. The lowest BCUT2D eigenvalue weighted by Crippen LogP contribution is -2.40. The van der Waals surface area contributed by atoms with Crippen molar-refractivity contribution >= 4 is 11.7 Å². The minimum atomic E-state index is -0.706. The van der Waals surface area contributed by atoms with Crippen LogP contribution in [0.15, 0.2) is 42.5 Å². The van der Waals surface area contributed by atoms with E-state index in [0.29, 0.717) is 31.5 Å². The first-order chi connectivity index (χ1) is 15.0. The Morgan fingerprint density at radius 3 is 2.45 bits per heavy atom. The van der Waals surface area contributed by atoms with Gasteiger partial charge in [0.1, 0.15) is 11.6 Å². The zero-order valence-corrected chi connectivity index (χ0v) is 17.4. The van der Waals surface area contributed by atoms with Crippen LogP contribution in [0.2, 0.25) is 0 Å². The Bertz CT molecular complexity index is 952. The molecule has 2 aliphatic rings. The normalized spacial score (nSPS) is 18.2. The molecule has 2 aromatic rings. The van der Waals surface area contributed by atoms with Crippen molar-refractivity contribution in [2.45, 2.75) is 19.4 Å². The van der Waals surface area contributed by atoms with Crippen LogP contribution in [0.4, 0.5) is 8.78 Å². The molecule has 0 radical (unpaired) electrons. The molecule has 5 nitrogen and oxygen atoms in total. The van der Waals surface area contributed by atoms with Gasteiger partial charge in [0.15, 0.2) is 5.78 Å². The summed E-state index contributed by atoms with van der Waals surface area (Å²) in [5.41, 5.74) is 1.51. The number of carbonyl (C=O) groups excluding carboxylic acids is 2. The zero-order valence-electron chi connectivity index (χ0n) is 17.4. The van der Waals surface area contributed by atoms with Crippen molar-refractivity contribution in [1.82, 2.24) is 9.80 Å². The van der Waals surface area contributed by atoms with Crippen LogP contribution in [0.5, 0.6) is 0 Å². The van der Waals surface area contributed by atoms with Gasteiger partial charge in [0.05, 0.1) is 18.8 Å². The summed E-state index contributed by atoms with van der Waals surface area (Å²) in [5.74, 6) is -2.20. The number of ether oxygens (including phenoxy) is 1. The number of halogens is 2. The average molecular weight is 428 g/mol. The summed E-state index contributed by atoms with van der Waals surface area (Å²) < 4.78 is 32.8. The van der Waals surface area contributed by atoms with Crippen LogP contribution in [-0.4, -0.2) is 60.9 Å². The third-order valence-electron chi connectivity index (χ3n) is 6.03. The number of nitrogens with zero attached hydrogens (tertiary/aromatic N) is 2. The first kappa shape index (κ1) is 21.6. The van der Waals surface area contributed by atoms with Gasteiger partial charge in [0.2, 0.25) is 0 Å². The highest BCUT2D eigenvalue weighted by atomic mass is 19.1. The van der Waals surface area contributed by atoms with Crippen LogP contribution in [-0.2, 0) is 11.3 Å². The van der Waals surface area contributed by atoms with Gasteiger partial charge in [-0.2, -0.15) is 0 Å². The molecule has 0 aromatic heterocycles. The van der Waals surface area contributed by atoms with Gasteiger partial charge in [-0.25, -0.2) is 8.78 Å². The lowest BCUT2D eigenvalue weighted by atomic mass is 9.88. The van der Waals surface area contributed by atoms with E-state index in [9.17, 15) is 18.4 Å². The van der Waals surface area contributed by atoms with E-state index in [0.717, 1.165) is 56.6 Å². The molecule has 31 heavy (non-hydrogen) atoms. The molecule has 0 bridgehead atoms. The fourth-order valence-electron chi connectivity index (χ4n) is 4.25. The predicted octanol–water partition coefficient (Wildman–Crippen LogP) is 3.53. The quantitative estimate of drug-likeness (QED) is 0.684. The van der Waals surface area contributed by atoms with Crippen molar-refractivity contribution < 1.29 is 23.1 Å². The van der Waals surface area contributed by atoms with E-state index in [1.54, 1.807) is 4.90 Å². The summed E-state index contributed by atoms with van der Waals surface area (Å²) in [7, 11) is 0. The summed E-state index contributed by atoms with van der Waals surface area (Å²) in [4.78, 5) is 29.7. The molecule has 4 rings (SSSR count). The number of carbonyl (C=O) groups is 2. The molecule has 0 spiro atoms. The Labute approximate surface area is 180 Å². The number of likely N-dealkylation sites (tertiary alicyclic amines) is 1. The van der Waals surface area contributed by atoms with E-state index >= 15 is 0 Å². The molecule has 7 heteroatoms. The van der Waals surface area contributed by atoms with Crippen molar-refractivity contribution in [3.63, 3.8) is 0 Å². The van der Waals surface area contributed by atoms with Gasteiger partial charge in [0.25, 0.3) is 5.91 Å². The van der Waals surface area contributed by atoms with Crippen LogP contribution >= 0.6 is 0 Å². The van der Waals surface area contributed by atoms with Gasteiger partial charge in [-0.05, 0) is 48.7 Å². The maximum Gasteiger partial charge on any atom is 0.253 e. The molecular formula is C24H26F2N2O3. The van der Waals surface area contributed by atoms with E-state index in [-0.39, 0.29) is 11.5 Å². The number of hydrogen-bond acceptors (Lipinski definition) is 4. The lowest BCUT2D eigenvalue weighted by Gasteiger charge is -2.31. The Morgan fingerprint density at radius 1 is 0.968 bits per heavy atom. The summed E-state index contributed by atoms with van der Waals surface area (Å²) in [5, 5.41) is 0. The molecule has 2 heterocycles. The van der Waals surface area contributed by atoms with E-state index in [1.807, 2.05) is 24.3 Å². The molecule has 164 valence electrons. The molecule has 0 unspecified atom stereocenters. The van der Waals surface area contributed by atoms with Crippen molar-refractivity contribution in [2.24, 2.45) is 5.92 Å². The van der Waals surface area contributed by atoms with Crippen molar-refractivity contribution in [3.8, 4) is 0 Å². The standard InChI is InChI=1S/C24H26F2N2O3/c25-20-4-5-22(26)21(15-20)23(29)18-6-8-28(9-7-18)24(30)19-3-1-2-17(14-19)16-27-10-12-31-13-11-27/h1-5,14-15,18H,6-13,16H2. The summed E-state index contributed by atoms with van der Waals surface area (Å²) in [6.45, 7) is 4.83. The molecule has 0 saturated carbocycles. The number of morpholine rings is 1. The highest BCUT2D eigenvalue weighted by molar-refractivity contribution is 5.98. The molecular weight excluding hydrogens is 402 g/mol. The van der Waals surface area contributed by atoms with Crippen molar-refractivity contribution in [2.75, 3.05) is 39.4 Å². The molecule has 2 saturated heterocycles. The Morgan fingerprint density at radius 2 is 1.71 bits per heavy atom. The van der Waals surface area contributed by atoms with E-state index in [1.165, 1.54) is 0 Å². The maximum absolute atomic E-state index is 13.9. The fourth-order valence-corrected chi connectivity index (χ4v) is 4.25. The van der Waals surface area contributed by atoms with Crippen LogP contribution in [0.25, 0.3) is 0 Å². The number of amides is 1. The number of rotatable bonds is 5. The predicted molar refractivity (Wildman–Crippen MR) is 112 cm³/mol. The van der Waals surface area contributed by atoms with Gasteiger partial charge < -0.3 is 9.64 Å². The van der Waals surface area contributed by atoms with Crippen LogP contribution in [0.3, 0.4) is 0 Å². The molecule has 1 amide bonds. The minimum Gasteiger partial charge on any atom is -0.379 e. The molecule has 2 aliphatic heterocycles. The highest BCUT2D eigenvalue weighted by Crippen LogP contribution is 2.25. The fraction of sp³-hybridized carbons (Fsp3) is 0.417. The van der Waals surface area contributed by atoms with Crippen molar-refractivity contribution in [3.05, 3.63) is 70.8 Å². The lowest BCUT2D eigenvalue weighted by molar-refractivity contribution is 0.0341. The second kappa shape index (κ2) is 9.66. The number of ketones is 1. The highest BCUT2D eigenvalue weighted by Gasteiger charge is 2.30. The number of Topliss-reactive ketones (excluding diaryl/α,β-unsaturated/α-hetero) is 1. The topological polar surface area (TPSA) is 49.9 Å². The third kappa shape index (κ3) is 5.17. The Balaban J connectivity index is 1.36. The SMILES string of the molecule is O=C(c1cc(F)ccc1F)C1CCN(C(=O)c2cccc(CN3CCOCC3)c2)CC1.